The highest BCUT2D eigenvalue weighted by molar-refractivity contribution is 6.30. The normalized spacial score (nSPS) is 11.5. The predicted molar refractivity (Wildman–Crippen MR) is 92.8 cm³/mol. The molecule has 0 radical (unpaired) electrons. The SMILES string of the molecule is CC(C)(C)OC(=O)N/N=C\c1ccc(-c2ccc(Cl)cc2[N+](=O)[O-])o1. The van der Waals surface area contributed by atoms with Crippen LogP contribution in [0.2, 0.25) is 5.02 Å². The lowest BCUT2D eigenvalue weighted by atomic mass is 10.1. The smallest absolute Gasteiger partial charge is 0.428 e. The molecule has 1 heterocycles. The molecular formula is C16H16ClN3O5. The number of rotatable bonds is 4. The van der Waals surface area contributed by atoms with Crippen molar-refractivity contribution in [3.8, 4) is 11.3 Å². The van der Waals surface area contributed by atoms with Crippen LogP contribution in [0.5, 0.6) is 0 Å². The fourth-order valence-corrected chi connectivity index (χ4v) is 2.05. The van der Waals surface area contributed by atoms with E-state index >= 15 is 0 Å². The fraction of sp³-hybridized carbons (Fsp3) is 0.250. The van der Waals surface area contributed by atoms with Gasteiger partial charge in [0.15, 0.2) is 0 Å². The van der Waals surface area contributed by atoms with Crippen molar-refractivity contribution < 1.29 is 18.9 Å². The highest BCUT2D eigenvalue weighted by Gasteiger charge is 2.19. The minimum atomic E-state index is -0.705. The first-order valence-electron chi connectivity index (χ1n) is 7.22. The number of halogens is 1. The molecule has 8 nitrogen and oxygen atoms in total. The number of carbonyl (C=O) groups is 1. The van der Waals surface area contributed by atoms with Crippen LogP contribution < -0.4 is 5.43 Å². The lowest BCUT2D eigenvalue weighted by Gasteiger charge is -2.18. The zero-order chi connectivity index (χ0) is 18.6. The molecule has 0 spiro atoms. The van der Waals surface area contributed by atoms with Gasteiger partial charge in [0.1, 0.15) is 17.1 Å². The summed E-state index contributed by atoms with van der Waals surface area (Å²) in [6.45, 7) is 5.19. The maximum Gasteiger partial charge on any atom is 0.428 e. The maximum atomic E-state index is 11.5. The molecule has 25 heavy (non-hydrogen) atoms. The van der Waals surface area contributed by atoms with Crippen molar-refractivity contribution in [2.45, 2.75) is 26.4 Å². The van der Waals surface area contributed by atoms with Gasteiger partial charge in [0, 0.05) is 11.1 Å². The van der Waals surface area contributed by atoms with Crippen molar-refractivity contribution in [2.24, 2.45) is 5.10 Å². The number of nitro groups is 1. The number of nitrogens with zero attached hydrogens (tertiary/aromatic N) is 2. The highest BCUT2D eigenvalue weighted by atomic mass is 35.5. The van der Waals surface area contributed by atoms with Crippen LogP contribution in [0.4, 0.5) is 10.5 Å². The number of carbonyl (C=O) groups excluding carboxylic acids is 1. The summed E-state index contributed by atoms with van der Waals surface area (Å²) in [5.41, 5.74) is 1.68. The van der Waals surface area contributed by atoms with E-state index in [9.17, 15) is 14.9 Å². The van der Waals surface area contributed by atoms with E-state index in [1.165, 1.54) is 24.4 Å². The molecule has 0 aliphatic carbocycles. The minimum absolute atomic E-state index is 0.169. The Morgan fingerprint density at radius 1 is 1.36 bits per heavy atom. The van der Waals surface area contributed by atoms with Crippen molar-refractivity contribution >= 4 is 29.6 Å². The van der Waals surface area contributed by atoms with Crippen LogP contribution in [0.25, 0.3) is 11.3 Å². The van der Waals surface area contributed by atoms with Gasteiger partial charge in [-0.05, 0) is 45.0 Å². The quantitative estimate of drug-likeness (QED) is 0.492. The van der Waals surface area contributed by atoms with Gasteiger partial charge in [-0.15, -0.1) is 0 Å². The second-order valence-corrected chi connectivity index (χ2v) is 6.43. The second-order valence-electron chi connectivity index (χ2n) is 5.99. The summed E-state index contributed by atoms with van der Waals surface area (Å²) < 4.78 is 10.5. The van der Waals surface area contributed by atoms with E-state index in [4.69, 9.17) is 20.8 Å². The first-order valence-corrected chi connectivity index (χ1v) is 7.60. The summed E-state index contributed by atoms with van der Waals surface area (Å²) in [4.78, 5) is 22.1. The van der Waals surface area contributed by atoms with E-state index in [2.05, 4.69) is 10.5 Å². The molecule has 0 fully saturated rings. The molecule has 0 aliphatic rings. The second kappa shape index (κ2) is 7.35. The predicted octanol–water partition coefficient (Wildman–Crippen LogP) is 4.37. The van der Waals surface area contributed by atoms with Gasteiger partial charge in [0.2, 0.25) is 0 Å². The molecule has 1 aromatic heterocycles. The summed E-state index contributed by atoms with van der Waals surface area (Å²) >= 11 is 5.79. The van der Waals surface area contributed by atoms with Crippen molar-refractivity contribution in [2.75, 3.05) is 0 Å². The number of hydrogen-bond acceptors (Lipinski definition) is 6. The molecule has 9 heteroatoms. The van der Waals surface area contributed by atoms with Crippen LogP contribution >= 0.6 is 11.6 Å². The van der Waals surface area contributed by atoms with E-state index in [1.807, 2.05) is 0 Å². The number of benzene rings is 1. The molecule has 1 N–H and O–H groups in total. The highest BCUT2D eigenvalue weighted by Crippen LogP contribution is 2.33. The van der Waals surface area contributed by atoms with E-state index in [0.717, 1.165) is 0 Å². The number of furan rings is 1. The van der Waals surface area contributed by atoms with Gasteiger partial charge in [-0.1, -0.05) is 11.6 Å². The van der Waals surface area contributed by atoms with Crippen LogP contribution in [0.1, 0.15) is 26.5 Å². The minimum Gasteiger partial charge on any atom is -0.455 e. The Hall–Kier alpha value is -2.87. The van der Waals surface area contributed by atoms with Gasteiger partial charge in [0.25, 0.3) is 5.69 Å². The molecule has 0 aliphatic heterocycles. The largest absolute Gasteiger partial charge is 0.455 e. The third-order valence-electron chi connectivity index (χ3n) is 2.80. The molecule has 0 unspecified atom stereocenters. The van der Waals surface area contributed by atoms with Crippen LogP contribution in [-0.4, -0.2) is 22.8 Å². The zero-order valence-electron chi connectivity index (χ0n) is 13.8. The average molecular weight is 366 g/mol. The zero-order valence-corrected chi connectivity index (χ0v) is 14.5. The van der Waals surface area contributed by atoms with E-state index in [0.29, 0.717) is 5.76 Å². The van der Waals surface area contributed by atoms with Gasteiger partial charge in [0.05, 0.1) is 16.7 Å². The van der Waals surface area contributed by atoms with Gasteiger partial charge >= 0.3 is 6.09 Å². The Morgan fingerprint density at radius 3 is 2.72 bits per heavy atom. The first kappa shape index (κ1) is 18.5. The number of amides is 1. The third kappa shape index (κ3) is 5.32. The molecule has 0 bridgehead atoms. The van der Waals surface area contributed by atoms with Crippen molar-refractivity contribution in [3.05, 3.63) is 51.2 Å². The molecule has 132 valence electrons. The van der Waals surface area contributed by atoms with Crippen LogP contribution in [0.3, 0.4) is 0 Å². The topological polar surface area (TPSA) is 107 Å². The molecule has 1 aromatic carbocycles. The number of hydrazone groups is 1. The van der Waals surface area contributed by atoms with Crippen molar-refractivity contribution in [1.82, 2.24) is 5.43 Å². The fourth-order valence-electron chi connectivity index (χ4n) is 1.88. The summed E-state index contributed by atoms with van der Waals surface area (Å²) in [5, 5.41) is 15.1. The lowest BCUT2D eigenvalue weighted by molar-refractivity contribution is -0.384. The number of hydrogen-bond donors (Lipinski definition) is 1. The van der Waals surface area contributed by atoms with E-state index in [-0.39, 0.29) is 22.0 Å². The Labute approximate surface area is 148 Å². The summed E-state index contributed by atoms with van der Waals surface area (Å²) in [7, 11) is 0. The summed E-state index contributed by atoms with van der Waals surface area (Å²) in [5.74, 6) is 0.581. The van der Waals surface area contributed by atoms with Gasteiger partial charge < -0.3 is 9.15 Å². The molecule has 2 rings (SSSR count). The number of nitrogens with one attached hydrogen (secondary N) is 1. The average Bonchev–Trinajstić information content (AvgIpc) is 2.93. The van der Waals surface area contributed by atoms with Gasteiger partial charge in [-0.2, -0.15) is 5.10 Å². The molecule has 1 amide bonds. The van der Waals surface area contributed by atoms with Crippen LogP contribution in [0.15, 0.2) is 39.9 Å². The van der Waals surface area contributed by atoms with Crippen molar-refractivity contribution in [1.29, 1.82) is 0 Å². The molecule has 2 aromatic rings. The molecule has 0 saturated heterocycles. The summed E-state index contributed by atoms with van der Waals surface area (Å²) in [6, 6.07) is 7.40. The molecule has 0 atom stereocenters. The van der Waals surface area contributed by atoms with E-state index < -0.39 is 16.6 Å². The third-order valence-corrected chi connectivity index (χ3v) is 3.03. The van der Waals surface area contributed by atoms with Crippen LogP contribution in [-0.2, 0) is 4.74 Å². The number of nitro benzene ring substituents is 1. The lowest BCUT2D eigenvalue weighted by Crippen LogP contribution is -2.29. The molecular weight excluding hydrogens is 350 g/mol. The first-order chi connectivity index (χ1) is 11.7. The monoisotopic (exact) mass is 365 g/mol. The maximum absolute atomic E-state index is 11.5. The van der Waals surface area contributed by atoms with E-state index in [1.54, 1.807) is 32.9 Å². The summed E-state index contributed by atoms with van der Waals surface area (Å²) in [6.07, 6.45) is 0.554. The number of ether oxygens (including phenoxy) is 1. The van der Waals surface area contributed by atoms with Gasteiger partial charge in [-0.3, -0.25) is 10.1 Å². The van der Waals surface area contributed by atoms with Crippen LogP contribution in [0, 0.1) is 10.1 Å². The van der Waals surface area contributed by atoms with Gasteiger partial charge in [-0.25, -0.2) is 10.2 Å². The standard InChI is InChI=1S/C16H16ClN3O5/c1-16(2,3)25-15(21)19-18-9-11-5-7-14(24-11)12-6-4-10(17)8-13(12)20(22)23/h4-9H,1-3H3,(H,19,21)/b18-9-. The van der Waals surface area contributed by atoms with Crippen molar-refractivity contribution in [3.63, 3.8) is 0 Å². The Morgan fingerprint density at radius 2 is 2.08 bits per heavy atom. The Balaban J connectivity index is 2.12. The Bertz CT molecular complexity index is 823. The Kier molecular flexibility index (Phi) is 5.43. The molecule has 0 saturated carbocycles.